The molecule has 1 aliphatic rings. The van der Waals surface area contributed by atoms with Crippen molar-refractivity contribution in [2.45, 2.75) is 4.90 Å². The number of carboxylic acid groups (broad SMARTS) is 1. The average Bonchev–Trinajstić information content (AvgIpc) is 2.38. The molecule has 0 bridgehead atoms. The molecule has 0 amide bonds. The molecule has 0 aromatic heterocycles. The summed E-state index contributed by atoms with van der Waals surface area (Å²) in [5.41, 5.74) is -0.148. The summed E-state index contributed by atoms with van der Waals surface area (Å²) in [5.74, 6) is -0.604. The normalized spacial score (nSPS) is 18.1. The van der Waals surface area contributed by atoms with Crippen LogP contribution in [0.1, 0.15) is 10.4 Å². The van der Waals surface area contributed by atoms with E-state index in [1.807, 2.05) is 0 Å². The Morgan fingerprint density at radius 1 is 1.30 bits per heavy atom. The monoisotopic (exact) mass is 337 g/mol. The third-order valence-corrected chi connectivity index (χ3v) is 6.43. The van der Waals surface area contributed by atoms with Crippen LogP contribution in [0.15, 0.2) is 23.1 Å². The lowest BCUT2D eigenvalue weighted by atomic mass is 10.2. The summed E-state index contributed by atoms with van der Waals surface area (Å²) >= 11 is 5.78. The molecule has 9 heteroatoms. The summed E-state index contributed by atoms with van der Waals surface area (Å²) < 4.78 is 37.2. The molecule has 1 fully saturated rings. The van der Waals surface area contributed by atoms with E-state index in [9.17, 15) is 17.4 Å². The zero-order valence-corrected chi connectivity index (χ0v) is 12.7. The van der Waals surface area contributed by atoms with E-state index < -0.39 is 26.8 Å². The lowest BCUT2D eigenvalue weighted by molar-refractivity contribution is 0.0697. The predicted molar refractivity (Wildman–Crippen MR) is 75.0 cm³/mol. The Morgan fingerprint density at radius 2 is 1.90 bits per heavy atom. The molecule has 20 heavy (non-hydrogen) atoms. The third-order valence-electron chi connectivity index (χ3n) is 2.95. The highest BCUT2D eigenvalue weighted by atomic mass is 35.5. The number of halogens is 1. The third kappa shape index (κ3) is 3.03. The first-order chi connectivity index (χ1) is 9.32. The van der Waals surface area contributed by atoms with E-state index >= 15 is 0 Å². The molecular formula is C11H12ClNO5S2. The molecule has 0 unspecified atom stereocenters. The number of rotatable bonds is 3. The van der Waals surface area contributed by atoms with Crippen molar-refractivity contribution in [3.8, 4) is 0 Å². The minimum Gasteiger partial charge on any atom is -0.478 e. The lowest BCUT2D eigenvalue weighted by Gasteiger charge is -2.25. The second-order valence-electron chi connectivity index (χ2n) is 4.20. The van der Waals surface area contributed by atoms with E-state index in [0.717, 1.165) is 6.07 Å². The molecule has 1 N–H and O–H groups in total. The summed E-state index contributed by atoms with van der Waals surface area (Å²) in [6.07, 6.45) is 0. The van der Waals surface area contributed by atoms with Gasteiger partial charge in [-0.2, -0.15) is 4.31 Å². The van der Waals surface area contributed by atoms with Crippen LogP contribution in [-0.2, 0) is 20.8 Å². The van der Waals surface area contributed by atoms with Crippen molar-refractivity contribution in [1.82, 2.24) is 4.31 Å². The van der Waals surface area contributed by atoms with E-state index in [1.165, 1.54) is 16.4 Å². The molecule has 2 rings (SSSR count). The van der Waals surface area contributed by atoms with E-state index in [2.05, 4.69) is 0 Å². The van der Waals surface area contributed by atoms with Crippen LogP contribution in [0.5, 0.6) is 0 Å². The molecule has 1 aliphatic heterocycles. The van der Waals surface area contributed by atoms with Crippen molar-refractivity contribution in [2.75, 3.05) is 24.6 Å². The number of nitrogens with zero attached hydrogens (tertiary/aromatic N) is 1. The van der Waals surface area contributed by atoms with Gasteiger partial charge in [0, 0.05) is 35.4 Å². The number of hydrogen-bond donors (Lipinski definition) is 1. The maximum absolute atomic E-state index is 12.3. The number of aromatic carboxylic acids is 1. The summed E-state index contributed by atoms with van der Waals surface area (Å²) in [6, 6.07) is 3.52. The molecule has 1 saturated heterocycles. The fourth-order valence-electron chi connectivity index (χ4n) is 1.84. The van der Waals surface area contributed by atoms with Crippen LogP contribution in [0, 0.1) is 0 Å². The molecule has 0 saturated carbocycles. The van der Waals surface area contributed by atoms with E-state index in [4.69, 9.17) is 16.7 Å². The lowest BCUT2D eigenvalue weighted by Crippen LogP contribution is -2.41. The topological polar surface area (TPSA) is 91.8 Å². The van der Waals surface area contributed by atoms with Gasteiger partial charge in [-0.3, -0.25) is 4.21 Å². The minimum absolute atomic E-state index is 0.0554. The highest BCUT2D eigenvalue weighted by Crippen LogP contribution is 2.24. The molecule has 1 aromatic rings. The first-order valence-electron chi connectivity index (χ1n) is 5.70. The van der Waals surface area contributed by atoms with Crippen molar-refractivity contribution in [3.63, 3.8) is 0 Å². The summed E-state index contributed by atoms with van der Waals surface area (Å²) in [7, 11) is -4.71. The zero-order chi connectivity index (χ0) is 14.9. The molecule has 0 atom stereocenters. The highest BCUT2D eigenvalue weighted by Gasteiger charge is 2.28. The molecule has 1 heterocycles. The van der Waals surface area contributed by atoms with Crippen LogP contribution in [0.4, 0.5) is 0 Å². The first kappa shape index (κ1) is 15.4. The maximum Gasteiger partial charge on any atom is 0.337 e. The second-order valence-corrected chi connectivity index (χ2v) is 8.24. The summed E-state index contributed by atoms with van der Waals surface area (Å²) in [6.45, 7) is 0.375. The summed E-state index contributed by atoms with van der Waals surface area (Å²) in [5, 5.41) is 8.73. The standard InChI is InChI=1S/C11H12ClNO5S2/c12-10-7-8(1-2-9(10)11(14)15)20(17,18)13-3-5-19(16)6-4-13/h1-2,7H,3-6H2,(H,14,15). The van der Waals surface area contributed by atoms with Crippen molar-refractivity contribution in [3.05, 3.63) is 28.8 Å². The molecule has 1 aromatic carbocycles. The molecule has 0 spiro atoms. The van der Waals surface area contributed by atoms with Crippen LogP contribution in [-0.4, -0.2) is 52.6 Å². The SMILES string of the molecule is O=C(O)c1ccc(S(=O)(=O)N2CCS(=O)CC2)cc1Cl. The fraction of sp³-hybridized carbons (Fsp3) is 0.364. The number of sulfonamides is 1. The Bertz CT molecular complexity index is 663. The average molecular weight is 338 g/mol. The summed E-state index contributed by atoms with van der Waals surface area (Å²) in [4.78, 5) is 10.8. The van der Waals surface area contributed by atoms with Crippen molar-refractivity contribution < 1.29 is 22.5 Å². The largest absolute Gasteiger partial charge is 0.478 e. The molecule has 0 aliphatic carbocycles. The van der Waals surface area contributed by atoms with E-state index in [1.54, 1.807) is 0 Å². The van der Waals surface area contributed by atoms with Gasteiger partial charge in [0.1, 0.15) is 0 Å². The van der Waals surface area contributed by atoms with Crippen LogP contribution < -0.4 is 0 Å². The van der Waals surface area contributed by atoms with Gasteiger partial charge >= 0.3 is 5.97 Å². The van der Waals surface area contributed by atoms with E-state index in [-0.39, 0.29) is 28.6 Å². The molecule has 0 radical (unpaired) electrons. The van der Waals surface area contributed by atoms with E-state index in [0.29, 0.717) is 11.5 Å². The maximum atomic E-state index is 12.3. The van der Waals surface area contributed by atoms with Gasteiger partial charge in [0.05, 0.1) is 15.5 Å². The van der Waals surface area contributed by atoms with Crippen LogP contribution in [0.25, 0.3) is 0 Å². The molecule has 6 nitrogen and oxygen atoms in total. The molecule has 110 valence electrons. The van der Waals surface area contributed by atoms with Crippen molar-refractivity contribution in [1.29, 1.82) is 0 Å². The molecular weight excluding hydrogens is 326 g/mol. The highest BCUT2D eigenvalue weighted by molar-refractivity contribution is 7.89. The van der Waals surface area contributed by atoms with Gasteiger partial charge < -0.3 is 5.11 Å². The van der Waals surface area contributed by atoms with Crippen LogP contribution >= 0.6 is 11.6 Å². The van der Waals surface area contributed by atoms with Gasteiger partial charge in [0.25, 0.3) is 0 Å². The number of hydrogen-bond acceptors (Lipinski definition) is 4. The van der Waals surface area contributed by atoms with Gasteiger partial charge in [-0.25, -0.2) is 13.2 Å². The van der Waals surface area contributed by atoms with Crippen molar-refractivity contribution in [2.24, 2.45) is 0 Å². The Labute approximate surface area is 123 Å². The van der Waals surface area contributed by atoms with Crippen LogP contribution in [0.3, 0.4) is 0 Å². The Kier molecular flexibility index (Phi) is 4.48. The fourth-order valence-corrected chi connectivity index (χ4v) is 4.92. The minimum atomic E-state index is -3.73. The second kappa shape index (κ2) is 5.80. The van der Waals surface area contributed by atoms with Gasteiger partial charge in [-0.1, -0.05) is 11.6 Å². The van der Waals surface area contributed by atoms with Gasteiger partial charge in [-0.05, 0) is 18.2 Å². The van der Waals surface area contributed by atoms with Gasteiger partial charge in [0.15, 0.2) is 0 Å². The number of carboxylic acids is 1. The van der Waals surface area contributed by atoms with Gasteiger partial charge in [-0.15, -0.1) is 0 Å². The smallest absolute Gasteiger partial charge is 0.337 e. The quantitative estimate of drug-likeness (QED) is 0.880. The van der Waals surface area contributed by atoms with Gasteiger partial charge in [0.2, 0.25) is 10.0 Å². The zero-order valence-electron chi connectivity index (χ0n) is 10.3. The Hall–Kier alpha value is -0.960. The first-order valence-corrected chi connectivity index (χ1v) is 9.01. The van der Waals surface area contributed by atoms with Crippen LogP contribution in [0.2, 0.25) is 5.02 Å². The Morgan fingerprint density at radius 3 is 2.40 bits per heavy atom. The number of carbonyl (C=O) groups is 1. The number of benzene rings is 1. The Balaban J connectivity index is 2.33. The van der Waals surface area contributed by atoms with Crippen molar-refractivity contribution >= 4 is 38.4 Å². The predicted octanol–water partition coefficient (Wildman–Crippen LogP) is 0.791.